The van der Waals surface area contributed by atoms with Crippen molar-refractivity contribution in [3.63, 3.8) is 0 Å². The van der Waals surface area contributed by atoms with Crippen LogP contribution in [0.1, 0.15) is 17.3 Å². The van der Waals surface area contributed by atoms with E-state index in [0.717, 1.165) is 6.07 Å². The lowest BCUT2D eigenvalue weighted by Crippen LogP contribution is -2.47. The number of benzene rings is 3. The Bertz CT molecular complexity index is 1190. The summed E-state index contributed by atoms with van der Waals surface area (Å²) >= 11 is 0. The molecular formula is C22H18N2O6. The first-order chi connectivity index (χ1) is 14.4. The molecule has 0 fully saturated rings. The zero-order valence-electron chi connectivity index (χ0n) is 16.0. The molecule has 1 aliphatic heterocycles. The maximum atomic E-state index is 12.9. The minimum atomic E-state index is -1.23. The topological polar surface area (TPSA) is 116 Å². The smallest absolute Gasteiger partial charge is 0.342 e. The molecule has 2 amide bonds. The largest absolute Gasteiger partial charge is 0.507 e. The van der Waals surface area contributed by atoms with Crippen molar-refractivity contribution in [3.8, 4) is 11.5 Å². The number of fused-ring (bicyclic) bond motifs is 2. The number of nitrogens with zero attached hydrogens (tertiary/aromatic N) is 1. The number of ether oxygens (including phenoxy) is 1. The molecule has 0 spiro atoms. The lowest BCUT2D eigenvalue weighted by molar-refractivity contribution is -0.128. The number of anilines is 2. The number of amides is 2. The highest BCUT2D eigenvalue weighted by Gasteiger charge is 2.32. The number of phenolic OH excluding ortho intramolecular Hbond substituents is 2. The lowest BCUT2D eigenvalue weighted by atomic mass is 10.0. The van der Waals surface area contributed by atoms with Gasteiger partial charge in [0.2, 0.25) is 5.91 Å². The average molecular weight is 406 g/mol. The molecule has 0 saturated carbocycles. The number of aromatic hydroxyl groups is 2. The number of nitrogens with one attached hydrogen (secondary N) is 1. The van der Waals surface area contributed by atoms with Crippen LogP contribution in [0.5, 0.6) is 11.5 Å². The Kier molecular flexibility index (Phi) is 4.75. The summed E-state index contributed by atoms with van der Waals surface area (Å²) in [5.74, 6) is -2.47. The van der Waals surface area contributed by atoms with Gasteiger partial charge in [0.1, 0.15) is 23.6 Å². The summed E-state index contributed by atoms with van der Waals surface area (Å²) in [6.07, 6.45) is -1.23. The van der Waals surface area contributed by atoms with Crippen LogP contribution in [0.3, 0.4) is 0 Å². The number of phenols is 2. The third-order valence-electron chi connectivity index (χ3n) is 4.88. The molecule has 4 rings (SSSR count). The first kappa shape index (κ1) is 19.3. The van der Waals surface area contributed by atoms with Gasteiger partial charge in [-0.2, -0.15) is 0 Å². The van der Waals surface area contributed by atoms with E-state index in [1.807, 2.05) is 0 Å². The van der Waals surface area contributed by atoms with Gasteiger partial charge in [0.15, 0.2) is 6.10 Å². The zero-order chi connectivity index (χ0) is 21.4. The second kappa shape index (κ2) is 7.40. The minimum Gasteiger partial charge on any atom is -0.507 e. The Labute approximate surface area is 171 Å². The van der Waals surface area contributed by atoms with E-state index >= 15 is 0 Å². The van der Waals surface area contributed by atoms with Gasteiger partial charge in [-0.1, -0.05) is 36.4 Å². The van der Waals surface area contributed by atoms with Crippen molar-refractivity contribution in [1.82, 2.24) is 0 Å². The molecule has 0 saturated heterocycles. The fourth-order valence-corrected chi connectivity index (χ4v) is 3.42. The predicted octanol–water partition coefficient (Wildman–Crippen LogP) is 2.78. The molecule has 0 unspecified atom stereocenters. The predicted molar refractivity (Wildman–Crippen MR) is 110 cm³/mol. The quantitative estimate of drug-likeness (QED) is 0.455. The molecule has 3 aromatic carbocycles. The third kappa shape index (κ3) is 3.28. The van der Waals surface area contributed by atoms with Crippen molar-refractivity contribution in [2.75, 3.05) is 16.8 Å². The van der Waals surface area contributed by atoms with Crippen LogP contribution in [0, 0.1) is 0 Å². The Morgan fingerprint density at radius 3 is 2.50 bits per heavy atom. The SMILES string of the molecule is C[C@H](OC(=O)c1cc(O)c2ccccc2c1O)C(=O)N1CC(=O)Nc2ccccc21. The van der Waals surface area contributed by atoms with Gasteiger partial charge in [0, 0.05) is 10.8 Å². The van der Waals surface area contributed by atoms with E-state index in [4.69, 9.17) is 4.74 Å². The molecule has 0 aromatic heterocycles. The Balaban J connectivity index is 1.59. The third-order valence-corrected chi connectivity index (χ3v) is 4.88. The molecule has 8 nitrogen and oxygen atoms in total. The summed E-state index contributed by atoms with van der Waals surface area (Å²) in [6, 6.07) is 14.4. The summed E-state index contributed by atoms with van der Waals surface area (Å²) in [6.45, 7) is 1.17. The highest BCUT2D eigenvalue weighted by atomic mass is 16.5. The molecule has 0 aliphatic carbocycles. The number of para-hydroxylation sites is 2. The van der Waals surface area contributed by atoms with E-state index in [0.29, 0.717) is 16.8 Å². The van der Waals surface area contributed by atoms with Crippen LogP contribution in [-0.2, 0) is 14.3 Å². The lowest BCUT2D eigenvalue weighted by Gasteiger charge is -2.30. The first-order valence-electron chi connectivity index (χ1n) is 9.21. The number of hydrogen-bond acceptors (Lipinski definition) is 6. The van der Waals surface area contributed by atoms with Gasteiger partial charge in [-0.05, 0) is 25.1 Å². The highest BCUT2D eigenvalue weighted by Crippen LogP contribution is 2.36. The summed E-state index contributed by atoms with van der Waals surface area (Å²) in [7, 11) is 0. The first-order valence-corrected chi connectivity index (χ1v) is 9.21. The summed E-state index contributed by atoms with van der Waals surface area (Å²) < 4.78 is 5.25. The van der Waals surface area contributed by atoms with E-state index < -0.39 is 18.0 Å². The van der Waals surface area contributed by atoms with Gasteiger partial charge in [0.25, 0.3) is 5.91 Å². The second-order valence-electron chi connectivity index (χ2n) is 6.87. The maximum Gasteiger partial charge on any atom is 0.342 e. The molecule has 152 valence electrons. The van der Waals surface area contributed by atoms with Crippen LogP contribution in [0.25, 0.3) is 10.8 Å². The Morgan fingerprint density at radius 2 is 1.73 bits per heavy atom. The Morgan fingerprint density at radius 1 is 1.07 bits per heavy atom. The normalized spacial score (nSPS) is 14.0. The van der Waals surface area contributed by atoms with Crippen LogP contribution in [0.15, 0.2) is 54.6 Å². The van der Waals surface area contributed by atoms with Gasteiger partial charge in [-0.3, -0.25) is 14.5 Å². The maximum absolute atomic E-state index is 12.9. The van der Waals surface area contributed by atoms with E-state index in [9.17, 15) is 24.6 Å². The van der Waals surface area contributed by atoms with Crippen LogP contribution >= 0.6 is 0 Å². The number of carbonyl (C=O) groups excluding carboxylic acids is 3. The van der Waals surface area contributed by atoms with E-state index in [-0.39, 0.29) is 34.9 Å². The van der Waals surface area contributed by atoms with Crippen molar-refractivity contribution in [2.24, 2.45) is 0 Å². The molecule has 30 heavy (non-hydrogen) atoms. The van der Waals surface area contributed by atoms with Crippen LogP contribution in [0.2, 0.25) is 0 Å². The van der Waals surface area contributed by atoms with Crippen molar-refractivity contribution in [2.45, 2.75) is 13.0 Å². The van der Waals surface area contributed by atoms with Gasteiger partial charge in [-0.15, -0.1) is 0 Å². The van der Waals surface area contributed by atoms with E-state index in [1.165, 1.54) is 11.8 Å². The molecule has 8 heteroatoms. The van der Waals surface area contributed by atoms with Crippen molar-refractivity contribution < 1.29 is 29.3 Å². The summed E-state index contributed by atoms with van der Waals surface area (Å²) in [4.78, 5) is 38.7. The monoisotopic (exact) mass is 406 g/mol. The van der Waals surface area contributed by atoms with Gasteiger partial charge in [0.05, 0.1) is 11.4 Å². The number of rotatable bonds is 3. The Hall–Kier alpha value is -4.07. The average Bonchev–Trinajstić information content (AvgIpc) is 2.75. The molecule has 3 N–H and O–H groups in total. The highest BCUT2D eigenvalue weighted by molar-refractivity contribution is 6.11. The molecule has 1 aliphatic rings. The van der Waals surface area contributed by atoms with Crippen molar-refractivity contribution in [3.05, 3.63) is 60.2 Å². The van der Waals surface area contributed by atoms with Gasteiger partial charge in [-0.25, -0.2) is 4.79 Å². The summed E-state index contributed by atoms with van der Waals surface area (Å²) in [5, 5.41) is 24.0. The van der Waals surface area contributed by atoms with Crippen LogP contribution < -0.4 is 10.2 Å². The standard InChI is InChI=1S/C22H18N2O6/c1-12(21(28)24-11-19(26)23-16-8-4-5-9-17(16)24)30-22(29)15-10-18(25)13-6-2-3-7-14(13)20(15)27/h2-10,12,25,27H,11H2,1H3,(H,23,26)/t12-/m0/s1. The fraction of sp³-hybridized carbons (Fsp3) is 0.136. The van der Waals surface area contributed by atoms with E-state index in [2.05, 4.69) is 5.32 Å². The van der Waals surface area contributed by atoms with Crippen molar-refractivity contribution in [1.29, 1.82) is 0 Å². The summed E-state index contributed by atoms with van der Waals surface area (Å²) in [5.41, 5.74) is 0.719. The van der Waals surface area contributed by atoms with Crippen molar-refractivity contribution >= 4 is 39.9 Å². The number of hydrogen-bond donors (Lipinski definition) is 3. The molecule has 3 aromatic rings. The van der Waals surface area contributed by atoms with Crippen LogP contribution in [0.4, 0.5) is 11.4 Å². The molecule has 1 atom stereocenters. The zero-order valence-corrected chi connectivity index (χ0v) is 16.0. The van der Waals surface area contributed by atoms with Crippen LogP contribution in [-0.4, -0.2) is 40.6 Å². The van der Waals surface area contributed by atoms with Gasteiger partial charge >= 0.3 is 5.97 Å². The molecule has 0 radical (unpaired) electrons. The fourth-order valence-electron chi connectivity index (χ4n) is 3.42. The number of carbonyl (C=O) groups is 3. The minimum absolute atomic E-state index is 0.198. The molecular weight excluding hydrogens is 388 g/mol. The molecule has 0 bridgehead atoms. The number of esters is 1. The second-order valence-corrected chi connectivity index (χ2v) is 6.87. The van der Waals surface area contributed by atoms with Gasteiger partial charge < -0.3 is 20.3 Å². The molecule has 1 heterocycles. The van der Waals surface area contributed by atoms with E-state index in [1.54, 1.807) is 48.5 Å².